The van der Waals surface area contributed by atoms with Crippen LogP contribution in [0.2, 0.25) is 0 Å². The molecule has 1 amide bonds. The minimum absolute atomic E-state index is 0.222. The first-order chi connectivity index (χ1) is 10.2. The Labute approximate surface area is 133 Å². The van der Waals surface area contributed by atoms with Crippen LogP contribution in [0.25, 0.3) is 9.88 Å². The van der Waals surface area contributed by atoms with Crippen molar-refractivity contribution in [1.29, 1.82) is 0 Å². The predicted molar refractivity (Wildman–Crippen MR) is 88.6 cm³/mol. The highest BCUT2D eigenvalue weighted by molar-refractivity contribution is 7.21. The number of carbonyl (C=O) groups is 1. The number of carbonyl (C=O) groups excluding carboxylic acids is 1. The Bertz CT molecular complexity index is 598. The lowest BCUT2D eigenvalue weighted by Crippen LogP contribution is -2.31. The summed E-state index contributed by atoms with van der Waals surface area (Å²) in [5.74, 6) is 0.448. The van der Waals surface area contributed by atoms with E-state index in [0.29, 0.717) is 6.54 Å². The summed E-state index contributed by atoms with van der Waals surface area (Å²) >= 11 is 3.40. The van der Waals surface area contributed by atoms with E-state index < -0.39 is 0 Å². The van der Waals surface area contributed by atoms with Gasteiger partial charge in [0, 0.05) is 10.8 Å². The molecule has 0 unspecified atom stereocenters. The summed E-state index contributed by atoms with van der Waals surface area (Å²) in [6.07, 6.45) is 5.77. The largest absolute Gasteiger partial charge is 0.351 e. The molecule has 1 N–H and O–H groups in total. The molecule has 2 aromatic heterocycles. The van der Waals surface area contributed by atoms with E-state index in [-0.39, 0.29) is 11.8 Å². The fraction of sp³-hybridized carbons (Fsp3) is 0.500. The van der Waals surface area contributed by atoms with Gasteiger partial charge in [-0.15, -0.1) is 22.7 Å². The lowest BCUT2D eigenvalue weighted by molar-refractivity contribution is -0.126. The first-order valence-electron chi connectivity index (χ1n) is 7.52. The van der Waals surface area contributed by atoms with Crippen molar-refractivity contribution in [2.75, 3.05) is 0 Å². The molecule has 0 aliphatic heterocycles. The van der Waals surface area contributed by atoms with Gasteiger partial charge in [0.25, 0.3) is 0 Å². The first kappa shape index (κ1) is 14.7. The van der Waals surface area contributed by atoms with E-state index >= 15 is 0 Å². The van der Waals surface area contributed by atoms with Crippen molar-refractivity contribution >= 4 is 28.6 Å². The Morgan fingerprint density at radius 1 is 1.38 bits per heavy atom. The zero-order valence-corrected chi connectivity index (χ0v) is 13.9. The molecule has 0 atom stereocenters. The second-order valence-corrected chi connectivity index (χ2v) is 7.59. The number of hydrogen-bond acceptors (Lipinski definition) is 4. The molecule has 2 heterocycles. The van der Waals surface area contributed by atoms with E-state index in [0.717, 1.165) is 23.5 Å². The molecule has 0 spiro atoms. The highest BCUT2D eigenvalue weighted by atomic mass is 32.1. The van der Waals surface area contributed by atoms with Gasteiger partial charge in [0.2, 0.25) is 5.91 Å². The van der Waals surface area contributed by atoms with Crippen molar-refractivity contribution in [1.82, 2.24) is 10.3 Å². The van der Waals surface area contributed by atoms with Gasteiger partial charge in [-0.2, -0.15) is 0 Å². The van der Waals surface area contributed by atoms with Crippen LogP contribution < -0.4 is 5.32 Å². The van der Waals surface area contributed by atoms with Crippen LogP contribution in [0.4, 0.5) is 0 Å². The summed E-state index contributed by atoms with van der Waals surface area (Å²) in [6.45, 7) is 2.64. The molecule has 0 aromatic carbocycles. The average Bonchev–Trinajstić information content (AvgIpc) is 3.15. The van der Waals surface area contributed by atoms with Crippen molar-refractivity contribution in [3.8, 4) is 9.88 Å². The van der Waals surface area contributed by atoms with Gasteiger partial charge in [-0.25, -0.2) is 4.98 Å². The standard InChI is InChI=1S/C16H20N2OS2/c1-11-14(21-16(18-11)13-8-5-9-20-13)10-17-15(19)12-6-3-2-4-7-12/h5,8-9,12H,2-4,6-7,10H2,1H3,(H,17,19). The molecule has 1 fully saturated rings. The zero-order chi connectivity index (χ0) is 14.7. The highest BCUT2D eigenvalue weighted by Gasteiger charge is 2.21. The number of aromatic nitrogens is 1. The molecule has 1 aliphatic rings. The summed E-state index contributed by atoms with van der Waals surface area (Å²) in [5.41, 5.74) is 1.03. The second-order valence-electron chi connectivity index (χ2n) is 5.56. The van der Waals surface area contributed by atoms with Gasteiger partial charge >= 0.3 is 0 Å². The van der Waals surface area contributed by atoms with Crippen LogP contribution in [0.3, 0.4) is 0 Å². The molecule has 21 heavy (non-hydrogen) atoms. The SMILES string of the molecule is Cc1nc(-c2cccs2)sc1CNC(=O)C1CCCCC1. The Balaban J connectivity index is 1.61. The normalized spacial score (nSPS) is 16.0. The molecule has 3 nitrogen and oxygen atoms in total. The van der Waals surface area contributed by atoms with E-state index in [1.54, 1.807) is 22.7 Å². The molecule has 1 saturated carbocycles. The summed E-state index contributed by atoms with van der Waals surface area (Å²) in [5, 5.41) is 6.23. The molecule has 1 aliphatic carbocycles. The fourth-order valence-electron chi connectivity index (χ4n) is 2.77. The molecule has 0 saturated heterocycles. The van der Waals surface area contributed by atoms with E-state index in [1.807, 2.05) is 13.0 Å². The van der Waals surface area contributed by atoms with Gasteiger partial charge in [0.05, 0.1) is 17.1 Å². The van der Waals surface area contributed by atoms with E-state index in [2.05, 4.69) is 21.7 Å². The third kappa shape index (κ3) is 3.52. The van der Waals surface area contributed by atoms with Gasteiger partial charge in [-0.3, -0.25) is 4.79 Å². The van der Waals surface area contributed by atoms with Gasteiger partial charge in [0.1, 0.15) is 5.01 Å². The quantitative estimate of drug-likeness (QED) is 0.908. The monoisotopic (exact) mass is 320 g/mol. The first-order valence-corrected chi connectivity index (χ1v) is 9.21. The lowest BCUT2D eigenvalue weighted by Gasteiger charge is -2.20. The molecule has 2 aromatic rings. The number of hydrogen-bond donors (Lipinski definition) is 1. The number of thiazole rings is 1. The number of nitrogens with zero attached hydrogens (tertiary/aromatic N) is 1. The van der Waals surface area contributed by atoms with Crippen molar-refractivity contribution in [2.24, 2.45) is 5.92 Å². The topological polar surface area (TPSA) is 42.0 Å². The molecular weight excluding hydrogens is 300 g/mol. The van der Waals surface area contributed by atoms with Crippen LogP contribution in [0, 0.1) is 12.8 Å². The number of nitrogens with one attached hydrogen (secondary N) is 1. The van der Waals surface area contributed by atoms with Crippen molar-refractivity contribution in [2.45, 2.75) is 45.6 Å². The number of aryl methyl sites for hydroxylation is 1. The van der Waals surface area contributed by atoms with Crippen LogP contribution in [-0.2, 0) is 11.3 Å². The molecule has 0 bridgehead atoms. The Morgan fingerprint density at radius 3 is 2.90 bits per heavy atom. The Morgan fingerprint density at radius 2 is 2.19 bits per heavy atom. The summed E-state index contributed by atoms with van der Waals surface area (Å²) in [4.78, 5) is 19.2. The van der Waals surface area contributed by atoms with Gasteiger partial charge < -0.3 is 5.32 Å². The maximum absolute atomic E-state index is 12.2. The predicted octanol–water partition coefficient (Wildman–Crippen LogP) is 4.38. The van der Waals surface area contributed by atoms with Crippen LogP contribution in [0.5, 0.6) is 0 Å². The Kier molecular flexibility index (Phi) is 4.70. The zero-order valence-electron chi connectivity index (χ0n) is 12.2. The number of amides is 1. The summed E-state index contributed by atoms with van der Waals surface area (Å²) in [7, 11) is 0. The maximum Gasteiger partial charge on any atom is 0.223 e. The van der Waals surface area contributed by atoms with Crippen molar-refractivity contribution < 1.29 is 4.79 Å². The molecule has 0 radical (unpaired) electrons. The molecule has 3 rings (SSSR count). The van der Waals surface area contributed by atoms with E-state index in [1.165, 1.54) is 29.0 Å². The number of rotatable bonds is 4. The molecular formula is C16H20N2OS2. The van der Waals surface area contributed by atoms with Crippen LogP contribution in [0.1, 0.15) is 42.7 Å². The second kappa shape index (κ2) is 6.71. The van der Waals surface area contributed by atoms with Crippen molar-refractivity contribution in [3.05, 3.63) is 28.1 Å². The van der Waals surface area contributed by atoms with Gasteiger partial charge in [0.15, 0.2) is 0 Å². The third-order valence-corrected chi connectivity index (χ3v) is 6.22. The summed E-state index contributed by atoms with van der Waals surface area (Å²) < 4.78 is 0. The summed E-state index contributed by atoms with van der Waals surface area (Å²) in [6, 6.07) is 4.13. The Hall–Kier alpha value is -1.20. The van der Waals surface area contributed by atoms with Crippen LogP contribution >= 0.6 is 22.7 Å². The van der Waals surface area contributed by atoms with E-state index in [9.17, 15) is 4.79 Å². The fourth-order valence-corrected chi connectivity index (χ4v) is 4.57. The smallest absolute Gasteiger partial charge is 0.223 e. The maximum atomic E-state index is 12.2. The highest BCUT2D eigenvalue weighted by Crippen LogP contribution is 2.31. The third-order valence-electron chi connectivity index (χ3n) is 4.02. The number of thiophene rings is 1. The van der Waals surface area contributed by atoms with Gasteiger partial charge in [-0.05, 0) is 31.2 Å². The van der Waals surface area contributed by atoms with Crippen LogP contribution in [0.15, 0.2) is 17.5 Å². The molecule has 112 valence electrons. The molecule has 5 heteroatoms. The van der Waals surface area contributed by atoms with Crippen molar-refractivity contribution in [3.63, 3.8) is 0 Å². The van der Waals surface area contributed by atoms with E-state index in [4.69, 9.17) is 0 Å². The average molecular weight is 320 g/mol. The minimum Gasteiger partial charge on any atom is -0.351 e. The van der Waals surface area contributed by atoms with Crippen LogP contribution in [-0.4, -0.2) is 10.9 Å². The minimum atomic E-state index is 0.222. The van der Waals surface area contributed by atoms with Gasteiger partial charge in [-0.1, -0.05) is 25.3 Å². The lowest BCUT2D eigenvalue weighted by atomic mass is 9.89.